The minimum Gasteiger partial charge on any atom is -0.298 e. The van der Waals surface area contributed by atoms with E-state index >= 15 is 0 Å². The van der Waals surface area contributed by atoms with E-state index in [0.717, 1.165) is 16.9 Å². The fourth-order valence-corrected chi connectivity index (χ4v) is 3.48. The van der Waals surface area contributed by atoms with Crippen molar-refractivity contribution in [2.45, 2.75) is 12.8 Å². The van der Waals surface area contributed by atoms with E-state index in [-0.39, 0.29) is 16.8 Å². The molecule has 0 saturated heterocycles. The summed E-state index contributed by atoms with van der Waals surface area (Å²) in [4.78, 5) is 29.0. The number of hydrogen-bond acceptors (Lipinski definition) is 4. The number of halogens is 1. The van der Waals surface area contributed by atoms with Crippen molar-refractivity contribution < 1.29 is 9.59 Å². The quantitative estimate of drug-likeness (QED) is 0.630. The zero-order valence-corrected chi connectivity index (χ0v) is 14.8. The highest BCUT2D eigenvalue weighted by Crippen LogP contribution is 2.28. The molecular weight excluding hydrogens is 356 g/mol. The molecule has 4 nitrogen and oxygen atoms in total. The number of amides is 1. The number of benzene rings is 2. The third-order valence-electron chi connectivity index (χ3n) is 3.58. The highest BCUT2D eigenvalue weighted by molar-refractivity contribution is 7.18. The lowest BCUT2D eigenvalue weighted by molar-refractivity contribution is 0.0985. The van der Waals surface area contributed by atoms with Crippen molar-refractivity contribution in [2.75, 3.05) is 5.32 Å². The number of carbonyl (C=O) groups is 2. The lowest BCUT2D eigenvalue weighted by Crippen LogP contribution is -2.11. The maximum Gasteiger partial charge on any atom is 0.257 e. The maximum absolute atomic E-state index is 12.4. The predicted octanol–water partition coefficient (Wildman–Crippen LogP) is 4.86. The molecule has 0 bridgehead atoms. The number of anilines is 1. The second-order valence-corrected chi connectivity index (χ2v) is 6.72. The molecule has 0 radical (unpaired) electrons. The van der Waals surface area contributed by atoms with E-state index < -0.39 is 0 Å². The molecule has 1 N–H and O–H groups in total. The van der Waals surface area contributed by atoms with Gasteiger partial charge in [0, 0.05) is 12.0 Å². The third-order valence-corrected chi connectivity index (χ3v) is 4.98. The molecule has 0 atom stereocenters. The number of hydrogen-bond donors (Lipinski definition) is 1. The minimum absolute atomic E-state index is 0.0773. The number of thiazole rings is 1. The lowest BCUT2D eigenvalue weighted by atomic mass is 10.1. The molecule has 0 aliphatic rings. The molecule has 0 spiro atoms. The van der Waals surface area contributed by atoms with E-state index in [2.05, 4.69) is 10.3 Å². The van der Waals surface area contributed by atoms with Gasteiger partial charge in [-0.2, -0.15) is 0 Å². The standard InChI is InChI=1S/C19H15ClN2O2S/c20-17-16(15(23)12-11-13-7-3-1-4-8-13)25-19(21-17)22-18(24)14-9-5-2-6-10-14/h1-10H,11-12H2,(H,21,22,24). The molecule has 3 rings (SSSR count). The number of nitrogens with zero attached hydrogens (tertiary/aromatic N) is 1. The van der Waals surface area contributed by atoms with E-state index in [1.807, 2.05) is 36.4 Å². The normalized spacial score (nSPS) is 10.4. The number of ketones is 1. The molecule has 6 heteroatoms. The number of carbonyl (C=O) groups excluding carboxylic acids is 2. The molecule has 0 unspecified atom stereocenters. The average molecular weight is 371 g/mol. The topological polar surface area (TPSA) is 59.1 Å². The van der Waals surface area contributed by atoms with Gasteiger partial charge in [-0.05, 0) is 24.1 Å². The van der Waals surface area contributed by atoms with Crippen LogP contribution in [0.5, 0.6) is 0 Å². The molecule has 1 heterocycles. The van der Waals surface area contributed by atoms with Gasteiger partial charge < -0.3 is 0 Å². The van der Waals surface area contributed by atoms with Crippen molar-refractivity contribution in [3.05, 3.63) is 81.8 Å². The summed E-state index contributed by atoms with van der Waals surface area (Å²) >= 11 is 7.18. The third kappa shape index (κ3) is 4.53. The summed E-state index contributed by atoms with van der Waals surface area (Å²) in [5.41, 5.74) is 1.61. The first-order valence-corrected chi connectivity index (χ1v) is 8.93. The van der Waals surface area contributed by atoms with Gasteiger partial charge in [0.1, 0.15) is 4.88 Å². The Kier molecular flexibility index (Phi) is 5.58. The summed E-state index contributed by atoms with van der Waals surface area (Å²) in [6.07, 6.45) is 0.984. The Hall–Kier alpha value is -2.50. The Bertz CT molecular complexity index is 879. The van der Waals surface area contributed by atoms with Gasteiger partial charge in [-0.15, -0.1) is 0 Å². The van der Waals surface area contributed by atoms with E-state index in [4.69, 9.17) is 11.6 Å². The van der Waals surface area contributed by atoms with Crippen molar-refractivity contribution >= 4 is 39.8 Å². The number of nitrogens with one attached hydrogen (secondary N) is 1. The van der Waals surface area contributed by atoms with Gasteiger partial charge >= 0.3 is 0 Å². The van der Waals surface area contributed by atoms with Gasteiger partial charge in [-0.3, -0.25) is 14.9 Å². The monoisotopic (exact) mass is 370 g/mol. The van der Waals surface area contributed by atoms with Crippen molar-refractivity contribution in [1.82, 2.24) is 4.98 Å². The van der Waals surface area contributed by atoms with E-state index in [1.165, 1.54) is 0 Å². The summed E-state index contributed by atoms with van der Waals surface area (Å²) in [6.45, 7) is 0. The Morgan fingerprint density at radius 2 is 1.64 bits per heavy atom. The highest BCUT2D eigenvalue weighted by Gasteiger charge is 2.18. The largest absolute Gasteiger partial charge is 0.298 e. The molecule has 126 valence electrons. The summed E-state index contributed by atoms with van der Waals surface area (Å²) in [7, 11) is 0. The van der Waals surface area contributed by atoms with Crippen LogP contribution in [0.15, 0.2) is 60.7 Å². The summed E-state index contributed by atoms with van der Waals surface area (Å²) in [5, 5.41) is 3.13. The van der Waals surface area contributed by atoms with Crippen LogP contribution in [-0.2, 0) is 6.42 Å². The second kappa shape index (κ2) is 8.05. The van der Waals surface area contributed by atoms with Crippen LogP contribution in [0.1, 0.15) is 32.0 Å². The zero-order chi connectivity index (χ0) is 17.6. The summed E-state index contributed by atoms with van der Waals surface area (Å²) < 4.78 is 0. The SMILES string of the molecule is O=C(Nc1nc(Cl)c(C(=O)CCc2ccccc2)s1)c1ccccc1. The molecule has 25 heavy (non-hydrogen) atoms. The smallest absolute Gasteiger partial charge is 0.257 e. The average Bonchev–Trinajstić information content (AvgIpc) is 3.01. The van der Waals surface area contributed by atoms with E-state index in [0.29, 0.717) is 28.4 Å². The van der Waals surface area contributed by atoms with Gasteiger partial charge in [-0.25, -0.2) is 4.98 Å². The Labute approximate surface area is 154 Å². The summed E-state index contributed by atoms with van der Waals surface area (Å²) in [5.74, 6) is -0.360. The van der Waals surface area contributed by atoms with Gasteiger partial charge in [0.15, 0.2) is 16.1 Å². The van der Waals surface area contributed by atoms with Gasteiger partial charge in [-0.1, -0.05) is 71.5 Å². The van der Waals surface area contributed by atoms with Crippen molar-refractivity contribution in [3.63, 3.8) is 0 Å². The van der Waals surface area contributed by atoms with Crippen LogP contribution in [0, 0.1) is 0 Å². The van der Waals surface area contributed by atoms with Crippen molar-refractivity contribution in [3.8, 4) is 0 Å². The molecular formula is C19H15ClN2O2S. The fourth-order valence-electron chi connectivity index (χ4n) is 2.30. The van der Waals surface area contributed by atoms with E-state index in [1.54, 1.807) is 24.3 Å². The molecule has 1 aromatic heterocycles. The Balaban J connectivity index is 1.65. The first-order chi connectivity index (χ1) is 12.1. The second-order valence-electron chi connectivity index (χ2n) is 5.37. The fraction of sp³-hybridized carbons (Fsp3) is 0.105. The van der Waals surface area contributed by atoms with Crippen LogP contribution in [0.25, 0.3) is 0 Å². The van der Waals surface area contributed by atoms with Gasteiger partial charge in [0.25, 0.3) is 5.91 Å². The zero-order valence-electron chi connectivity index (χ0n) is 13.2. The van der Waals surface area contributed by atoms with Gasteiger partial charge in [0.05, 0.1) is 0 Å². The van der Waals surface area contributed by atoms with Crippen LogP contribution in [0.4, 0.5) is 5.13 Å². The van der Waals surface area contributed by atoms with Crippen LogP contribution >= 0.6 is 22.9 Å². The molecule has 0 aliphatic heterocycles. The highest BCUT2D eigenvalue weighted by atomic mass is 35.5. The Morgan fingerprint density at radius 3 is 2.32 bits per heavy atom. The molecule has 2 aromatic carbocycles. The lowest BCUT2D eigenvalue weighted by Gasteiger charge is -2.00. The first-order valence-electron chi connectivity index (χ1n) is 7.73. The maximum atomic E-state index is 12.4. The van der Waals surface area contributed by atoms with Gasteiger partial charge in [0.2, 0.25) is 0 Å². The molecule has 0 aliphatic carbocycles. The van der Waals surface area contributed by atoms with Crippen LogP contribution < -0.4 is 5.32 Å². The first kappa shape index (κ1) is 17.3. The molecule has 3 aromatic rings. The molecule has 0 fully saturated rings. The Morgan fingerprint density at radius 1 is 1.00 bits per heavy atom. The minimum atomic E-state index is -0.283. The number of aromatic nitrogens is 1. The number of aryl methyl sites for hydroxylation is 1. The van der Waals surface area contributed by atoms with Crippen LogP contribution in [0.3, 0.4) is 0 Å². The number of Topliss-reactive ketones (excluding diaryl/α,β-unsaturated/α-hetero) is 1. The van der Waals surface area contributed by atoms with Crippen LogP contribution in [0.2, 0.25) is 5.15 Å². The molecule has 0 saturated carbocycles. The van der Waals surface area contributed by atoms with Crippen molar-refractivity contribution in [2.24, 2.45) is 0 Å². The van der Waals surface area contributed by atoms with Crippen LogP contribution in [-0.4, -0.2) is 16.7 Å². The van der Waals surface area contributed by atoms with Crippen molar-refractivity contribution in [1.29, 1.82) is 0 Å². The summed E-state index contributed by atoms with van der Waals surface area (Å²) in [6, 6.07) is 18.6. The predicted molar refractivity (Wildman–Crippen MR) is 101 cm³/mol. The van der Waals surface area contributed by atoms with E-state index in [9.17, 15) is 9.59 Å². The number of rotatable bonds is 6. The molecule has 1 amide bonds.